The van der Waals surface area contributed by atoms with Gasteiger partial charge in [-0.2, -0.15) is 0 Å². The first kappa shape index (κ1) is 14.8. The van der Waals surface area contributed by atoms with Crippen molar-refractivity contribution in [2.45, 2.75) is 37.9 Å². The number of benzene rings is 2. The lowest BCUT2D eigenvalue weighted by Crippen LogP contribution is -1.99. The molecule has 2 aromatic carbocycles. The van der Waals surface area contributed by atoms with Gasteiger partial charge in [0, 0.05) is 0 Å². The molecule has 0 unspecified atom stereocenters. The fourth-order valence-electron chi connectivity index (χ4n) is 2.36. The summed E-state index contributed by atoms with van der Waals surface area (Å²) >= 11 is 0. The Kier molecular flexibility index (Phi) is 5.78. The van der Waals surface area contributed by atoms with Crippen molar-refractivity contribution in [2.24, 2.45) is 0 Å². The molecule has 2 nitrogen and oxygen atoms in total. The van der Waals surface area contributed by atoms with Gasteiger partial charge in [0.15, 0.2) is 0 Å². The Labute approximate surface area is 120 Å². The Morgan fingerprint density at radius 2 is 0.950 bits per heavy atom. The minimum absolute atomic E-state index is 0.398. The Morgan fingerprint density at radius 3 is 1.30 bits per heavy atom. The second kappa shape index (κ2) is 7.83. The molecule has 106 valence electrons. The van der Waals surface area contributed by atoms with Gasteiger partial charge in [-0.25, -0.2) is 0 Å². The molecule has 2 aromatic rings. The van der Waals surface area contributed by atoms with Crippen molar-refractivity contribution in [2.75, 3.05) is 0 Å². The molecule has 0 saturated carbocycles. The van der Waals surface area contributed by atoms with E-state index in [0.717, 1.165) is 36.8 Å². The highest BCUT2D eigenvalue weighted by atomic mass is 16.3. The van der Waals surface area contributed by atoms with Crippen LogP contribution in [0.15, 0.2) is 60.7 Å². The lowest BCUT2D eigenvalue weighted by atomic mass is 10.00. The fourth-order valence-corrected chi connectivity index (χ4v) is 2.36. The molecule has 0 saturated heterocycles. The van der Waals surface area contributed by atoms with Crippen molar-refractivity contribution >= 4 is 0 Å². The third kappa shape index (κ3) is 4.48. The summed E-state index contributed by atoms with van der Waals surface area (Å²) in [4.78, 5) is 0. The molecular weight excluding hydrogens is 248 g/mol. The van der Waals surface area contributed by atoms with E-state index in [-0.39, 0.29) is 0 Å². The Bertz CT molecular complexity index is 434. The maximum atomic E-state index is 10.0. The van der Waals surface area contributed by atoms with E-state index in [2.05, 4.69) is 0 Å². The van der Waals surface area contributed by atoms with Crippen molar-refractivity contribution in [3.63, 3.8) is 0 Å². The molecule has 2 heteroatoms. The Hall–Kier alpha value is -1.64. The van der Waals surface area contributed by atoms with Gasteiger partial charge in [-0.15, -0.1) is 0 Å². The minimum atomic E-state index is -0.398. The van der Waals surface area contributed by atoms with Gasteiger partial charge in [0.05, 0.1) is 12.2 Å². The van der Waals surface area contributed by atoms with Crippen LogP contribution in [0.3, 0.4) is 0 Å². The quantitative estimate of drug-likeness (QED) is 0.746. The number of hydrogen-bond donors (Lipinski definition) is 2. The van der Waals surface area contributed by atoms with Gasteiger partial charge in [-0.05, 0) is 24.0 Å². The van der Waals surface area contributed by atoms with E-state index in [0.29, 0.717) is 0 Å². The topological polar surface area (TPSA) is 40.5 Å². The van der Waals surface area contributed by atoms with Crippen molar-refractivity contribution in [1.82, 2.24) is 0 Å². The molecule has 20 heavy (non-hydrogen) atoms. The largest absolute Gasteiger partial charge is 0.388 e. The van der Waals surface area contributed by atoms with Gasteiger partial charge in [-0.3, -0.25) is 0 Å². The smallest absolute Gasteiger partial charge is 0.0790 e. The molecule has 0 radical (unpaired) electrons. The van der Waals surface area contributed by atoms with Crippen LogP contribution >= 0.6 is 0 Å². The van der Waals surface area contributed by atoms with Crippen LogP contribution in [0.4, 0.5) is 0 Å². The summed E-state index contributed by atoms with van der Waals surface area (Å²) in [5, 5.41) is 20.1. The van der Waals surface area contributed by atoms with Gasteiger partial charge in [0.2, 0.25) is 0 Å². The van der Waals surface area contributed by atoms with E-state index in [1.54, 1.807) is 0 Å². The standard InChI is InChI=1S/C18H22O2/c19-17(15-9-3-1-4-10-15)13-7-8-14-18(20)16-11-5-2-6-12-16/h1-6,9-12,17-20H,7-8,13-14H2/t17-,18-/m0/s1. The number of hydrogen-bond acceptors (Lipinski definition) is 2. The van der Waals surface area contributed by atoms with Crippen molar-refractivity contribution < 1.29 is 10.2 Å². The SMILES string of the molecule is O[C@@H](CCCC[C@H](O)c1ccccc1)c1ccccc1. The molecule has 0 heterocycles. The van der Waals surface area contributed by atoms with E-state index in [1.165, 1.54) is 0 Å². The molecule has 2 rings (SSSR count). The molecule has 0 aromatic heterocycles. The Morgan fingerprint density at radius 1 is 0.600 bits per heavy atom. The van der Waals surface area contributed by atoms with Crippen LogP contribution < -0.4 is 0 Å². The molecule has 0 aliphatic heterocycles. The molecule has 0 bridgehead atoms. The first-order chi connectivity index (χ1) is 9.77. The minimum Gasteiger partial charge on any atom is -0.388 e. The summed E-state index contributed by atoms with van der Waals surface area (Å²) in [6.07, 6.45) is 2.52. The zero-order valence-electron chi connectivity index (χ0n) is 11.7. The zero-order valence-corrected chi connectivity index (χ0v) is 11.7. The Balaban J connectivity index is 1.69. The fraction of sp³-hybridized carbons (Fsp3) is 0.333. The van der Waals surface area contributed by atoms with Crippen LogP contribution in [0.25, 0.3) is 0 Å². The summed E-state index contributed by atoms with van der Waals surface area (Å²) in [6.45, 7) is 0. The third-order valence-electron chi connectivity index (χ3n) is 3.57. The van der Waals surface area contributed by atoms with Crippen LogP contribution in [-0.4, -0.2) is 10.2 Å². The van der Waals surface area contributed by atoms with Gasteiger partial charge in [0.25, 0.3) is 0 Å². The van der Waals surface area contributed by atoms with Crippen molar-refractivity contribution in [3.8, 4) is 0 Å². The predicted molar refractivity (Wildman–Crippen MR) is 81.3 cm³/mol. The van der Waals surface area contributed by atoms with E-state index >= 15 is 0 Å². The second-order valence-electron chi connectivity index (χ2n) is 5.14. The third-order valence-corrected chi connectivity index (χ3v) is 3.57. The molecule has 0 aliphatic carbocycles. The van der Waals surface area contributed by atoms with Crippen molar-refractivity contribution in [3.05, 3.63) is 71.8 Å². The second-order valence-corrected chi connectivity index (χ2v) is 5.14. The molecular formula is C18H22O2. The highest BCUT2D eigenvalue weighted by Gasteiger charge is 2.09. The monoisotopic (exact) mass is 270 g/mol. The van der Waals surface area contributed by atoms with Crippen LogP contribution in [0.1, 0.15) is 49.0 Å². The van der Waals surface area contributed by atoms with E-state index in [9.17, 15) is 10.2 Å². The summed E-state index contributed by atoms with van der Waals surface area (Å²) in [5.74, 6) is 0. The number of unbranched alkanes of at least 4 members (excludes halogenated alkanes) is 1. The molecule has 0 spiro atoms. The summed E-state index contributed by atoms with van der Waals surface area (Å²) in [7, 11) is 0. The highest BCUT2D eigenvalue weighted by molar-refractivity contribution is 5.18. The van der Waals surface area contributed by atoms with Gasteiger partial charge < -0.3 is 10.2 Å². The molecule has 0 fully saturated rings. The maximum absolute atomic E-state index is 10.0. The van der Waals surface area contributed by atoms with Crippen LogP contribution in [0.5, 0.6) is 0 Å². The summed E-state index contributed by atoms with van der Waals surface area (Å²) in [6, 6.07) is 19.5. The van der Waals surface area contributed by atoms with Gasteiger partial charge in [-0.1, -0.05) is 73.5 Å². The average Bonchev–Trinajstić information content (AvgIpc) is 2.53. The molecule has 0 aliphatic rings. The predicted octanol–water partition coefficient (Wildman–Crippen LogP) is 4.01. The summed E-state index contributed by atoms with van der Waals surface area (Å²) < 4.78 is 0. The van der Waals surface area contributed by atoms with Gasteiger partial charge >= 0.3 is 0 Å². The first-order valence-corrected chi connectivity index (χ1v) is 7.23. The maximum Gasteiger partial charge on any atom is 0.0790 e. The first-order valence-electron chi connectivity index (χ1n) is 7.23. The van der Waals surface area contributed by atoms with Crippen LogP contribution in [-0.2, 0) is 0 Å². The van der Waals surface area contributed by atoms with Crippen LogP contribution in [0, 0.1) is 0 Å². The van der Waals surface area contributed by atoms with E-state index in [1.807, 2.05) is 60.7 Å². The van der Waals surface area contributed by atoms with E-state index < -0.39 is 12.2 Å². The van der Waals surface area contributed by atoms with Crippen LogP contribution in [0.2, 0.25) is 0 Å². The molecule has 2 atom stereocenters. The normalized spacial score (nSPS) is 13.9. The number of aliphatic hydroxyl groups is 2. The zero-order chi connectivity index (χ0) is 14.2. The highest BCUT2D eigenvalue weighted by Crippen LogP contribution is 2.23. The molecule has 2 N–H and O–H groups in total. The van der Waals surface area contributed by atoms with Gasteiger partial charge in [0.1, 0.15) is 0 Å². The number of aliphatic hydroxyl groups excluding tert-OH is 2. The lowest BCUT2D eigenvalue weighted by molar-refractivity contribution is 0.147. The number of rotatable bonds is 7. The van der Waals surface area contributed by atoms with Crippen molar-refractivity contribution in [1.29, 1.82) is 0 Å². The summed E-state index contributed by atoms with van der Waals surface area (Å²) in [5.41, 5.74) is 1.94. The average molecular weight is 270 g/mol. The lowest BCUT2D eigenvalue weighted by Gasteiger charge is -2.13. The van der Waals surface area contributed by atoms with E-state index in [4.69, 9.17) is 0 Å². The molecule has 0 amide bonds.